The molecular weight excluding hydrogens is 367 g/mol. The summed E-state index contributed by atoms with van der Waals surface area (Å²) in [6.07, 6.45) is 0. The minimum Gasteiger partial charge on any atom is -0.268 e. The molecule has 0 saturated carbocycles. The predicted molar refractivity (Wildman–Crippen MR) is 108 cm³/mol. The lowest BCUT2D eigenvalue weighted by Gasteiger charge is -2.15. The van der Waals surface area contributed by atoms with E-state index in [2.05, 4.69) is 0 Å². The van der Waals surface area contributed by atoms with Gasteiger partial charge in [0.05, 0.1) is 16.6 Å². The summed E-state index contributed by atoms with van der Waals surface area (Å²) >= 11 is 12.3. The van der Waals surface area contributed by atoms with Crippen LogP contribution in [0.3, 0.4) is 0 Å². The second-order valence-corrected chi connectivity index (χ2v) is 6.88. The Hall–Kier alpha value is -2.62. The van der Waals surface area contributed by atoms with Gasteiger partial charge in [0.2, 0.25) is 0 Å². The Morgan fingerprint density at radius 1 is 0.923 bits per heavy atom. The fourth-order valence-electron chi connectivity index (χ4n) is 2.89. The molecule has 0 unspecified atom stereocenters. The van der Waals surface area contributed by atoms with Crippen molar-refractivity contribution in [1.82, 2.24) is 9.55 Å². The first-order valence-electron chi connectivity index (χ1n) is 8.09. The third-order valence-electron chi connectivity index (χ3n) is 4.29. The van der Waals surface area contributed by atoms with E-state index in [1.54, 1.807) is 28.8 Å². The van der Waals surface area contributed by atoms with Gasteiger partial charge in [-0.2, -0.15) is 0 Å². The predicted octanol–water partition coefficient (Wildman–Crippen LogP) is 5.67. The van der Waals surface area contributed by atoms with Crippen molar-refractivity contribution in [2.75, 3.05) is 0 Å². The number of nitrogens with zero attached hydrogens (tertiary/aromatic N) is 2. The smallest absolute Gasteiger partial charge is 0.266 e. The molecule has 0 N–H and O–H groups in total. The summed E-state index contributed by atoms with van der Waals surface area (Å²) in [6, 6.07) is 20.1. The summed E-state index contributed by atoms with van der Waals surface area (Å²) in [5.74, 6) is 0.547. The Bertz CT molecular complexity index is 1180. The van der Waals surface area contributed by atoms with Crippen LogP contribution in [0.25, 0.3) is 28.0 Å². The number of hydrogen-bond acceptors (Lipinski definition) is 2. The molecule has 1 aromatic heterocycles. The molecule has 1 heterocycles. The van der Waals surface area contributed by atoms with Crippen LogP contribution >= 0.6 is 23.2 Å². The molecule has 0 aliphatic rings. The van der Waals surface area contributed by atoms with Crippen LogP contribution in [0.1, 0.15) is 5.56 Å². The Kier molecular flexibility index (Phi) is 4.27. The molecule has 0 saturated heterocycles. The zero-order chi connectivity index (χ0) is 18.3. The third kappa shape index (κ3) is 2.90. The van der Waals surface area contributed by atoms with Gasteiger partial charge in [0.15, 0.2) is 0 Å². The van der Waals surface area contributed by atoms with E-state index in [4.69, 9.17) is 28.2 Å². The van der Waals surface area contributed by atoms with E-state index in [0.29, 0.717) is 32.5 Å². The van der Waals surface area contributed by atoms with Crippen molar-refractivity contribution in [2.24, 2.45) is 0 Å². The fourth-order valence-corrected chi connectivity index (χ4v) is 3.19. The zero-order valence-corrected chi connectivity index (χ0v) is 15.4. The summed E-state index contributed by atoms with van der Waals surface area (Å²) in [5, 5.41) is 1.79. The van der Waals surface area contributed by atoms with Gasteiger partial charge < -0.3 is 0 Å². The lowest BCUT2D eigenvalue weighted by atomic mass is 10.1. The van der Waals surface area contributed by atoms with Crippen molar-refractivity contribution in [3.05, 3.63) is 92.7 Å². The van der Waals surface area contributed by atoms with Crippen LogP contribution in [-0.4, -0.2) is 9.55 Å². The van der Waals surface area contributed by atoms with Gasteiger partial charge in [0.1, 0.15) is 5.82 Å². The molecule has 3 nitrogen and oxygen atoms in total. The van der Waals surface area contributed by atoms with Crippen molar-refractivity contribution in [3.63, 3.8) is 0 Å². The van der Waals surface area contributed by atoms with Gasteiger partial charge >= 0.3 is 0 Å². The van der Waals surface area contributed by atoms with Crippen LogP contribution in [0.2, 0.25) is 10.0 Å². The normalized spacial score (nSPS) is 11.0. The Labute approximate surface area is 160 Å². The van der Waals surface area contributed by atoms with Gasteiger partial charge in [0.25, 0.3) is 5.56 Å². The maximum Gasteiger partial charge on any atom is 0.266 e. The van der Waals surface area contributed by atoms with Crippen molar-refractivity contribution in [3.8, 4) is 17.1 Å². The molecular formula is C21H14Cl2N2O. The van der Waals surface area contributed by atoms with Crippen molar-refractivity contribution in [1.29, 1.82) is 0 Å². The monoisotopic (exact) mass is 380 g/mol. The molecule has 0 bridgehead atoms. The lowest BCUT2D eigenvalue weighted by molar-refractivity contribution is 0.975. The number of para-hydroxylation sites is 1. The largest absolute Gasteiger partial charge is 0.268 e. The zero-order valence-electron chi connectivity index (χ0n) is 13.9. The van der Waals surface area contributed by atoms with Crippen LogP contribution in [-0.2, 0) is 0 Å². The van der Waals surface area contributed by atoms with Gasteiger partial charge in [-0.15, -0.1) is 0 Å². The Morgan fingerprint density at radius 3 is 2.38 bits per heavy atom. The summed E-state index contributed by atoms with van der Waals surface area (Å²) in [6.45, 7) is 1.92. The summed E-state index contributed by atoms with van der Waals surface area (Å²) < 4.78 is 1.59. The number of benzene rings is 3. The summed E-state index contributed by atoms with van der Waals surface area (Å²) in [5.41, 5.74) is 2.94. The minimum absolute atomic E-state index is 0.138. The van der Waals surface area contributed by atoms with E-state index in [1.165, 1.54) is 0 Å². The lowest BCUT2D eigenvalue weighted by Crippen LogP contribution is -2.22. The van der Waals surface area contributed by atoms with E-state index in [-0.39, 0.29) is 5.56 Å². The van der Waals surface area contributed by atoms with Crippen molar-refractivity contribution in [2.45, 2.75) is 6.92 Å². The first-order chi connectivity index (χ1) is 12.5. The van der Waals surface area contributed by atoms with E-state index < -0.39 is 0 Å². The number of aromatic nitrogens is 2. The van der Waals surface area contributed by atoms with E-state index >= 15 is 0 Å². The van der Waals surface area contributed by atoms with Gasteiger partial charge in [-0.3, -0.25) is 9.36 Å². The molecule has 0 aliphatic carbocycles. The minimum atomic E-state index is -0.138. The van der Waals surface area contributed by atoms with E-state index in [9.17, 15) is 4.79 Å². The average molecular weight is 381 g/mol. The molecule has 0 amide bonds. The molecule has 5 heteroatoms. The molecule has 0 aliphatic heterocycles. The van der Waals surface area contributed by atoms with Crippen LogP contribution in [0, 0.1) is 6.92 Å². The molecule has 0 radical (unpaired) electrons. The molecule has 0 atom stereocenters. The highest BCUT2D eigenvalue weighted by Crippen LogP contribution is 2.26. The summed E-state index contributed by atoms with van der Waals surface area (Å²) in [4.78, 5) is 18.0. The van der Waals surface area contributed by atoms with Crippen LogP contribution < -0.4 is 5.56 Å². The first kappa shape index (κ1) is 16.8. The highest BCUT2D eigenvalue weighted by molar-refractivity contribution is 6.31. The quantitative estimate of drug-likeness (QED) is 0.449. The molecule has 26 heavy (non-hydrogen) atoms. The second-order valence-electron chi connectivity index (χ2n) is 6.03. The number of rotatable bonds is 2. The molecule has 3 aromatic carbocycles. The van der Waals surface area contributed by atoms with Gasteiger partial charge in [0, 0.05) is 15.6 Å². The van der Waals surface area contributed by atoms with Crippen LogP contribution in [0.4, 0.5) is 0 Å². The maximum atomic E-state index is 13.2. The fraction of sp³-hybridized carbons (Fsp3) is 0.0476. The van der Waals surface area contributed by atoms with Gasteiger partial charge in [-0.1, -0.05) is 41.4 Å². The number of hydrogen-bond donors (Lipinski definition) is 0. The van der Waals surface area contributed by atoms with E-state index in [0.717, 1.165) is 11.1 Å². The molecule has 128 valence electrons. The first-order valence-corrected chi connectivity index (χ1v) is 8.84. The topological polar surface area (TPSA) is 34.9 Å². The third-order valence-corrected chi connectivity index (χ3v) is 4.95. The highest BCUT2D eigenvalue weighted by atomic mass is 35.5. The number of aryl methyl sites for hydroxylation is 1. The highest BCUT2D eigenvalue weighted by Gasteiger charge is 2.15. The van der Waals surface area contributed by atoms with Crippen LogP contribution in [0.5, 0.6) is 0 Å². The summed E-state index contributed by atoms with van der Waals surface area (Å²) in [7, 11) is 0. The number of fused-ring (bicyclic) bond motifs is 1. The Balaban J connectivity index is 2.10. The van der Waals surface area contributed by atoms with Crippen LogP contribution in [0.15, 0.2) is 71.5 Å². The SMILES string of the molecule is Cc1ccc(-n2c(-c3ccc(Cl)cc3)nc3ccccc3c2=O)cc1Cl. The van der Waals surface area contributed by atoms with Gasteiger partial charge in [-0.05, 0) is 61.0 Å². The molecule has 4 rings (SSSR count). The average Bonchev–Trinajstić information content (AvgIpc) is 2.65. The maximum absolute atomic E-state index is 13.2. The second kappa shape index (κ2) is 6.60. The van der Waals surface area contributed by atoms with Gasteiger partial charge in [-0.25, -0.2) is 4.98 Å². The number of halogens is 2. The van der Waals surface area contributed by atoms with Crippen molar-refractivity contribution < 1.29 is 0 Å². The molecule has 0 spiro atoms. The molecule has 4 aromatic rings. The standard InChI is InChI=1S/C21H14Cl2N2O/c1-13-6-11-16(12-18(13)23)25-20(14-7-9-15(22)10-8-14)24-19-5-3-2-4-17(19)21(25)26/h2-12H,1H3. The van der Waals surface area contributed by atoms with Crippen molar-refractivity contribution >= 4 is 34.1 Å². The molecule has 0 fully saturated rings. The van der Waals surface area contributed by atoms with E-state index in [1.807, 2.05) is 49.4 Å². The Morgan fingerprint density at radius 2 is 1.65 bits per heavy atom.